The van der Waals surface area contributed by atoms with Gasteiger partial charge in [0.05, 0.1) is 25.9 Å². The number of hydrogen-bond acceptors (Lipinski definition) is 7. The molecule has 0 radical (unpaired) electrons. The fourth-order valence-corrected chi connectivity index (χ4v) is 5.43. The highest BCUT2D eigenvalue weighted by molar-refractivity contribution is 6.04. The third-order valence-corrected chi connectivity index (χ3v) is 7.84. The molecule has 0 spiro atoms. The highest BCUT2D eigenvalue weighted by Crippen LogP contribution is 2.32. The Morgan fingerprint density at radius 3 is 2.34 bits per heavy atom. The molecule has 2 aliphatic heterocycles. The second-order valence-electron chi connectivity index (χ2n) is 10.3. The molecule has 11 heteroatoms. The molecule has 1 aromatic heterocycles. The Hall–Kier alpha value is -4.38. The van der Waals surface area contributed by atoms with Gasteiger partial charge in [0.2, 0.25) is 0 Å². The van der Waals surface area contributed by atoms with Gasteiger partial charge >= 0.3 is 12.1 Å². The Labute approximate surface area is 240 Å². The van der Waals surface area contributed by atoms with Crippen LogP contribution in [0.25, 0.3) is 0 Å². The summed E-state index contributed by atoms with van der Waals surface area (Å²) in [6.07, 6.45) is 0.112. The van der Waals surface area contributed by atoms with Crippen LogP contribution in [0.15, 0.2) is 48.5 Å². The summed E-state index contributed by atoms with van der Waals surface area (Å²) in [6.45, 7) is 8.71. The van der Waals surface area contributed by atoms with Crippen molar-refractivity contribution < 1.29 is 19.1 Å². The largest absolute Gasteiger partial charge is 0.451 e. The van der Waals surface area contributed by atoms with Gasteiger partial charge in [-0.1, -0.05) is 25.1 Å². The van der Waals surface area contributed by atoms with Gasteiger partial charge in [-0.2, -0.15) is 4.68 Å². The molecule has 11 nitrogen and oxygen atoms in total. The summed E-state index contributed by atoms with van der Waals surface area (Å²) in [4.78, 5) is 47.5. The van der Waals surface area contributed by atoms with Gasteiger partial charge in [-0.05, 0) is 56.3 Å². The molecule has 2 aromatic carbocycles. The molecule has 1 N–H and O–H groups in total. The number of fused-ring (bicyclic) bond motifs is 1. The normalized spacial score (nSPS) is 15.0. The molecular formula is C30H37N7O4. The lowest BCUT2D eigenvalue weighted by Crippen LogP contribution is -2.44. The predicted molar refractivity (Wildman–Crippen MR) is 158 cm³/mol. The first-order valence-corrected chi connectivity index (χ1v) is 14.0. The van der Waals surface area contributed by atoms with Crippen LogP contribution in [0.3, 0.4) is 0 Å². The van der Waals surface area contributed by atoms with Crippen LogP contribution in [0.2, 0.25) is 0 Å². The molecule has 3 amide bonds. The van der Waals surface area contributed by atoms with Crippen LogP contribution in [-0.2, 0) is 24.2 Å². The average molecular weight is 560 g/mol. The van der Waals surface area contributed by atoms with Crippen LogP contribution >= 0.6 is 0 Å². The minimum atomic E-state index is -0.684. The first-order valence-electron chi connectivity index (χ1n) is 14.0. The van der Waals surface area contributed by atoms with Crippen LogP contribution < -0.4 is 15.1 Å². The number of aromatic nitrogens is 2. The van der Waals surface area contributed by atoms with E-state index in [0.717, 1.165) is 54.2 Å². The molecule has 0 unspecified atom stereocenters. The maximum absolute atomic E-state index is 13.7. The molecule has 0 aliphatic carbocycles. The highest BCUT2D eigenvalue weighted by Gasteiger charge is 2.35. The van der Waals surface area contributed by atoms with Crippen molar-refractivity contribution in [3.8, 4) is 0 Å². The molecule has 5 rings (SSSR count). The van der Waals surface area contributed by atoms with Crippen LogP contribution in [-0.4, -0.2) is 84.5 Å². The first-order chi connectivity index (χ1) is 19.8. The number of urea groups is 1. The van der Waals surface area contributed by atoms with E-state index in [-0.39, 0.29) is 30.8 Å². The van der Waals surface area contributed by atoms with Crippen molar-refractivity contribution >= 4 is 35.2 Å². The molecule has 3 heterocycles. The van der Waals surface area contributed by atoms with E-state index in [1.54, 1.807) is 21.9 Å². The number of hydrogen-bond donors (Lipinski definition) is 1. The van der Waals surface area contributed by atoms with E-state index in [1.807, 2.05) is 43.3 Å². The number of nitrogens with zero attached hydrogens (tertiary/aromatic N) is 6. The molecule has 0 bridgehead atoms. The van der Waals surface area contributed by atoms with Gasteiger partial charge in [-0.25, -0.2) is 9.59 Å². The SMILES string of the molecule is CCc1ccccc1N(CC)C(=O)N1Cc2c(NC(=O)c3ccc(N4CCN(C)CC4)cc3)nn(C(=O)OC)c2C1. The molecule has 1 fully saturated rings. The summed E-state index contributed by atoms with van der Waals surface area (Å²) >= 11 is 0. The fraction of sp³-hybridized carbons (Fsp3) is 0.400. The molecule has 0 atom stereocenters. The van der Waals surface area contributed by atoms with Crippen molar-refractivity contribution in [2.75, 3.05) is 62.0 Å². The first kappa shape index (κ1) is 28.2. The van der Waals surface area contributed by atoms with Crippen molar-refractivity contribution in [3.05, 3.63) is 70.9 Å². The third-order valence-electron chi connectivity index (χ3n) is 7.84. The summed E-state index contributed by atoms with van der Waals surface area (Å²) in [7, 11) is 3.39. The molecular weight excluding hydrogens is 522 g/mol. The number of piperazine rings is 1. The number of carbonyl (C=O) groups excluding carboxylic acids is 3. The highest BCUT2D eigenvalue weighted by atomic mass is 16.5. The smallest absolute Gasteiger partial charge is 0.434 e. The summed E-state index contributed by atoms with van der Waals surface area (Å²) in [5.41, 5.74) is 4.62. The van der Waals surface area contributed by atoms with Gasteiger partial charge in [0, 0.05) is 55.2 Å². The number of amides is 3. The fourth-order valence-electron chi connectivity index (χ4n) is 5.43. The standard InChI is InChI=1S/C30H37N7O4/c1-5-21-9-7-8-10-25(21)36(6-2)29(39)35-19-24-26(20-35)37(30(40)41-4)32-27(24)31-28(38)22-11-13-23(14-12-22)34-17-15-33(3)16-18-34/h7-14H,5-6,15-20H2,1-4H3,(H,31,32,38). The summed E-state index contributed by atoms with van der Waals surface area (Å²) in [5.74, 6) is -0.102. The lowest BCUT2D eigenvalue weighted by atomic mass is 10.1. The Bertz CT molecular complexity index is 1430. The topological polar surface area (TPSA) is 103 Å². The van der Waals surface area contributed by atoms with Crippen molar-refractivity contribution in [1.29, 1.82) is 0 Å². The van der Waals surface area contributed by atoms with Crippen molar-refractivity contribution in [2.24, 2.45) is 0 Å². The minimum Gasteiger partial charge on any atom is -0.451 e. The number of para-hydroxylation sites is 1. The van der Waals surface area contributed by atoms with E-state index in [9.17, 15) is 14.4 Å². The second-order valence-corrected chi connectivity index (χ2v) is 10.3. The zero-order valence-electron chi connectivity index (χ0n) is 24.1. The zero-order valence-corrected chi connectivity index (χ0v) is 24.1. The van der Waals surface area contributed by atoms with Crippen LogP contribution in [0, 0.1) is 0 Å². The number of nitrogens with one attached hydrogen (secondary N) is 1. The number of aryl methyl sites for hydroxylation is 1. The number of methoxy groups -OCH3 is 1. The number of benzene rings is 2. The van der Waals surface area contributed by atoms with E-state index in [0.29, 0.717) is 23.4 Å². The van der Waals surface area contributed by atoms with Gasteiger partial charge in [0.25, 0.3) is 5.91 Å². The van der Waals surface area contributed by atoms with E-state index in [2.05, 4.69) is 34.2 Å². The number of likely N-dealkylation sites (N-methyl/N-ethyl adjacent to an activating group) is 1. The Morgan fingerprint density at radius 2 is 1.68 bits per heavy atom. The lowest BCUT2D eigenvalue weighted by Gasteiger charge is -2.34. The van der Waals surface area contributed by atoms with Crippen LogP contribution in [0.1, 0.15) is 41.0 Å². The van der Waals surface area contributed by atoms with E-state index in [1.165, 1.54) is 7.11 Å². The van der Waals surface area contributed by atoms with Crippen LogP contribution in [0.5, 0.6) is 0 Å². The van der Waals surface area contributed by atoms with Crippen LogP contribution in [0.4, 0.5) is 26.8 Å². The summed E-state index contributed by atoms with van der Waals surface area (Å²) in [5, 5.41) is 7.22. The zero-order chi connectivity index (χ0) is 29.1. The molecule has 0 saturated carbocycles. The van der Waals surface area contributed by atoms with Gasteiger partial charge < -0.3 is 24.8 Å². The average Bonchev–Trinajstić information content (AvgIpc) is 3.58. The summed E-state index contributed by atoms with van der Waals surface area (Å²) < 4.78 is 6.06. The van der Waals surface area contributed by atoms with E-state index in [4.69, 9.17) is 4.74 Å². The third kappa shape index (κ3) is 5.62. The number of anilines is 3. The van der Waals surface area contributed by atoms with Crippen molar-refractivity contribution in [3.63, 3.8) is 0 Å². The van der Waals surface area contributed by atoms with Gasteiger partial charge in [-0.15, -0.1) is 5.10 Å². The molecule has 41 heavy (non-hydrogen) atoms. The predicted octanol–water partition coefficient (Wildman–Crippen LogP) is 4.03. The Kier molecular flexibility index (Phi) is 8.25. The number of carbonyl (C=O) groups is 3. The van der Waals surface area contributed by atoms with Gasteiger partial charge in [0.15, 0.2) is 5.82 Å². The Morgan fingerprint density at radius 1 is 0.976 bits per heavy atom. The minimum absolute atomic E-state index is 0.163. The molecule has 1 saturated heterocycles. The maximum atomic E-state index is 13.7. The maximum Gasteiger partial charge on any atom is 0.434 e. The van der Waals surface area contributed by atoms with Gasteiger partial charge in [-0.3, -0.25) is 9.69 Å². The van der Waals surface area contributed by atoms with E-state index < -0.39 is 6.09 Å². The number of rotatable bonds is 6. The van der Waals surface area contributed by atoms with Crippen molar-refractivity contribution in [2.45, 2.75) is 33.4 Å². The summed E-state index contributed by atoms with van der Waals surface area (Å²) in [6, 6.07) is 15.1. The monoisotopic (exact) mass is 559 g/mol. The molecule has 2 aliphatic rings. The second kappa shape index (κ2) is 12.0. The number of ether oxygens (including phenoxy) is 1. The van der Waals surface area contributed by atoms with Crippen molar-refractivity contribution in [1.82, 2.24) is 19.6 Å². The molecule has 216 valence electrons. The molecule has 3 aromatic rings. The van der Waals surface area contributed by atoms with E-state index >= 15 is 0 Å². The van der Waals surface area contributed by atoms with Gasteiger partial charge in [0.1, 0.15) is 0 Å². The Balaban J connectivity index is 1.35. The quantitative estimate of drug-likeness (QED) is 0.487. The lowest BCUT2D eigenvalue weighted by molar-refractivity contribution is 0.102.